The average molecular weight is 183 g/mol. The van der Waals surface area contributed by atoms with E-state index in [-0.39, 0.29) is 6.10 Å². The summed E-state index contributed by atoms with van der Waals surface area (Å²) < 4.78 is 0. The maximum absolute atomic E-state index is 9.90. The number of hydrogen-bond donors (Lipinski definition) is 2. The van der Waals surface area contributed by atoms with Crippen molar-refractivity contribution >= 4 is 0 Å². The van der Waals surface area contributed by atoms with Crippen molar-refractivity contribution in [1.29, 1.82) is 0 Å². The van der Waals surface area contributed by atoms with Crippen LogP contribution in [0.25, 0.3) is 0 Å². The molecule has 2 aliphatic rings. The van der Waals surface area contributed by atoms with Gasteiger partial charge >= 0.3 is 0 Å². The van der Waals surface area contributed by atoms with Gasteiger partial charge in [-0.25, -0.2) is 0 Å². The molecule has 0 amide bonds. The van der Waals surface area contributed by atoms with Gasteiger partial charge in [0.2, 0.25) is 0 Å². The molecule has 0 aromatic rings. The molecule has 0 aromatic carbocycles. The minimum absolute atomic E-state index is 0.0110. The first-order valence-electron chi connectivity index (χ1n) is 5.75. The molecule has 1 heterocycles. The number of rotatable bonds is 3. The molecular formula is C11H21NO. The van der Waals surface area contributed by atoms with Crippen LogP contribution in [-0.4, -0.2) is 24.3 Å². The normalized spacial score (nSPS) is 28.4. The fourth-order valence-corrected chi connectivity index (χ4v) is 2.48. The lowest BCUT2D eigenvalue weighted by Gasteiger charge is -2.33. The van der Waals surface area contributed by atoms with E-state index in [1.54, 1.807) is 0 Å². The van der Waals surface area contributed by atoms with Gasteiger partial charge in [-0.15, -0.1) is 0 Å². The number of aliphatic hydroxyl groups excluding tert-OH is 1. The highest BCUT2D eigenvalue weighted by Crippen LogP contribution is 2.33. The summed E-state index contributed by atoms with van der Waals surface area (Å²) in [5.41, 5.74) is 0. The van der Waals surface area contributed by atoms with E-state index in [4.69, 9.17) is 0 Å². The van der Waals surface area contributed by atoms with Crippen molar-refractivity contribution in [2.45, 2.75) is 44.6 Å². The van der Waals surface area contributed by atoms with Gasteiger partial charge in [-0.1, -0.05) is 6.42 Å². The highest BCUT2D eigenvalue weighted by atomic mass is 16.3. The number of hydrogen-bond acceptors (Lipinski definition) is 2. The molecule has 1 aliphatic carbocycles. The molecule has 1 unspecified atom stereocenters. The monoisotopic (exact) mass is 183 g/mol. The topological polar surface area (TPSA) is 32.3 Å². The van der Waals surface area contributed by atoms with Gasteiger partial charge in [0.15, 0.2) is 0 Å². The zero-order valence-corrected chi connectivity index (χ0v) is 8.34. The van der Waals surface area contributed by atoms with Gasteiger partial charge in [-0.3, -0.25) is 0 Å². The Morgan fingerprint density at radius 3 is 2.38 bits per heavy atom. The Balaban J connectivity index is 1.69. The fourth-order valence-electron chi connectivity index (χ4n) is 2.48. The Labute approximate surface area is 80.7 Å². The first-order chi connectivity index (χ1) is 6.36. The minimum atomic E-state index is 0.0110. The standard InChI is InChI=1S/C11H21NO/c13-11(10-2-1-3-10)8-9-4-6-12-7-5-9/h9-13H,1-8H2. The number of aliphatic hydroxyl groups is 1. The van der Waals surface area contributed by atoms with Gasteiger partial charge < -0.3 is 10.4 Å². The van der Waals surface area contributed by atoms with E-state index in [0.29, 0.717) is 5.92 Å². The van der Waals surface area contributed by atoms with Crippen molar-refractivity contribution in [1.82, 2.24) is 5.32 Å². The minimum Gasteiger partial charge on any atom is -0.393 e. The van der Waals surface area contributed by atoms with Crippen LogP contribution in [0, 0.1) is 11.8 Å². The van der Waals surface area contributed by atoms with Gasteiger partial charge in [0.05, 0.1) is 6.10 Å². The van der Waals surface area contributed by atoms with Crippen LogP contribution in [0.15, 0.2) is 0 Å². The van der Waals surface area contributed by atoms with Crippen LogP contribution in [0.1, 0.15) is 38.5 Å². The van der Waals surface area contributed by atoms with Gasteiger partial charge in [-0.05, 0) is 57.0 Å². The zero-order valence-electron chi connectivity index (χ0n) is 8.34. The Morgan fingerprint density at radius 1 is 1.15 bits per heavy atom. The summed E-state index contributed by atoms with van der Waals surface area (Å²) in [5, 5.41) is 13.3. The largest absolute Gasteiger partial charge is 0.393 e. The summed E-state index contributed by atoms with van der Waals surface area (Å²) in [5.74, 6) is 1.44. The van der Waals surface area contributed by atoms with Crippen molar-refractivity contribution in [2.24, 2.45) is 11.8 Å². The Morgan fingerprint density at radius 2 is 1.85 bits per heavy atom. The Bertz CT molecular complexity index is 150. The number of nitrogens with one attached hydrogen (secondary N) is 1. The molecule has 2 heteroatoms. The molecule has 76 valence electrons. The van der Waals surface area contributed by atoms with Crippen LogP contribution in [-0.2, 0) is 0 Å². The highest BCUT2D eigenvalue weighted by Gasteiger charge is 2.27. The molecule has 1 aliphatic heterocycles. The van der Waals surface area contributed by atoms with E-state index < -0.39 is 0 Å². The zero-order chi connectivity index (χ0) is 9.10. The first kappa shape index (κ1) is 9.47. The van der Waals surface area contributed by atoms with E-state index >= 15 is 0 Å². The lowest BCUT2D eigenvalue weighted by Crippen LogP contribution is -2.33. The van der Waals surface area contributed by atoms with Gasteiger partial charge in [0.1, 0.15) is 0 Å². The number of piperidine rings is 1. The third-order valence-electron chi connectivity index (χ3n) is 3.73. The Hall–Kier alpha value is -0.0800. The van der Waals surface area contributed by atoms with Crippen LogP contribution >= 0.6 is 0 Å². The van der Waals surface area contributed by atoms with Crippen LogP contribution in [0.3, 0.4) is 0 Å². The van der Waals surface area contributed by atoms with Crippen molar-refractivity contribution < 1.29 is 5.11 Å². The van der Waals surface area contributed by atoms with Crippen LogP contribution in [0.2, 0.25) is 0 Å². The molecule has 1 atom stereocenters. The summed E-state index contributed by atoms with van der Waals surface area (Å²) in [6, 6.07) is 0. The molecule has 1 saturated heterocycles. The lowest BCUT2D eigenvalue weighted by molar-refractivity contribution is 0.0382. The van der Waals surface area contributed by atoms with Crippen LogP contribution in [0.5, 0.6) is 0 Å². The van der Waals surface area contributed by atoms with Gasteiger partial charge in [0.25, 0.3) is 0 Å². The fraction of sp³-hybridized carbons (Fsp3) is 1.00. The molecule has 0 aromatic heterocycles. The van der Waals surface area contributed by atoms with E-state index in [2.05, 4.69) is 5.32 Å². The third-order valence-corrected chi connectivity index (χ3v) is 3.73. The average Bonchev–Trinajstić information content (AvgIpc) is 2.02. The summed E-state index contributed by atoms with van der Waals surface area (Å²) in [4.78, 5) is 0. The molecule has 0 radical (unpaired) electrons. The second-order valence-electron chi connectivity index (χ2n) is 4.69. The SMILES string of the molecule is OC(CC1CCNCC1)C1CCC1. The third kappa shape index (κ3) is 2.44. The van der Waals surface area contributed by atoms with Crippen molar-refractivity contribution in [3.8, 4) is 0 Å². The summed E-state index contributed by atoms with van der Waals surface area (Å²) in [6.45, 7) is 2.31. The smallest absolute Gasteiger partial charge is 0.0571 e. The van der Waals surface area contributed by atoms with Gasteiger partial charge in [0, 0.05) is 0 Å². The van der Waals surface area contributed by atoms with Crippen LogP contribution < -0.4 is 5.32 Å². The molecular weight excluding hydrogens is 162 g/mol. The van der Waals surface area contributed by atoms with Gasteiger partial charge in [-0.2, -0.15) is 0 Å². The maximum Gasteiger partial charge on any atom is 0.0571 e. The summed E-state index contributed by atoms with van der Waals surface area (Å²) >= 11 is 0. The van der Waals surface area contributed by atoms with E-state index in [1.807, 2.05) is 0 Å². The second kappa shape index (κ2) is 4.43. The molecule has 13 heavy (non-hydrogen) atoms. The maximum atomic E-state index is 9.90. The molecule has 2 rings (SSSR count). The summed E-state index contributed by atoms with van der Waals surface area (Å²) in [7, 11) is 0. The second-order valence-corrected chi connectivity index (χ2v) is 4.69. The van der Waals surface area contributed by atoms with Crippen LogP contribution in [0.4, 0.5) is 0 Å². The molecule has 2 fully saturated rings. The summed E-state index contributed by atoms with van der Waals surface area (Å²) in [6.07, 6.45) is 7.49. The molecule has 2 N–H and O–H groups in total. The molecule has 1 saturated carbocycles. The molecule has 2 nitrogen and oxygen atoms in total. The van der Waals surface area contributed by atoms with E-state index in [9.17, 15) is 5.11 Å². The van der Waals surface area contributed by atoms with Crippen molar-refractivity contribution in [3.63, 3.8) is 0 Å². The lowest BCUT2D eigenvalue weighted by atomic mass is 9.77. The first-order valence-corrected chi connectivity index (χ1v) is 5.75. The van der Waals surface area contributed by atoms with Crippen molar-refractivity contribution in [3.05, 3.63) is 0 Å². The predicted molar refractivity (Wildman–Crippen MR) is 53.6 cm³/mol. The molecule has 0 spiro atoms. The van der Waals surface area contributed by atoms with Crippen molar-refractivity contribution in [2.75, 3.05) is 13.1 Å². The molecule has 0 bridgehead atoms. The highest BCUT2D eigenvalue weighted by molar-refractivity contribution is 4.80. The predicted octanol–water partition coefficient (Wildman–Crippen LogP) is 1.54. The van der Waals surface area contributed by atoms with E-state index in [1.165, 1.54) is 32.1 Å². The quantitative estimate of drug-likeness (QED) is 0.695. The Kier molecular flexibility index (Phi) is 3.23. The van der Waals surface area contributed by atoms with E-state index in [0.717, 1.165) is 25.4 Å².